The normalized spacial score (nSPS) is 15.2. The highest BCUT2D eigenvalue weighted by Gasteiger charge is 2.20. The summed E-state index contributed by atoms with van der Waals surface area (Å²) in [5, 5.41) is 3.42. The van der Waals surface area contributed by atoms with Crippen molar-refractivity contribution in [3.8, 4) is 11.4 Å². The van der Waals surface area contributed by atoms with E-state index in [0.29, 0.717) is 6.04 Å². The molecule has 0 aliphatic heterocycles. The smallest absolute Gasteiger partial charge is 0.120 e. The first-order chi connectivity index (χ1) is 7.92. The average Bonchev–Trinajstić information content (AvgIpc) is 3.05. The van der Waals surface area contributed by atoms with Gasteiger partial charge in [0.2, 0.25) is 0 Å². The molecule has 1 fully saturated rings. The number of rotatable bonds is 4. The average molecular weight is 214 g/mol. The van der Waals surface area contributed by atoms with Gasteiger partial charge in [-0.1, -0.05) is 6.07 Å². The van der Waals surface area contributed by atoms with Crippen LogP contribution in [0.2, 0.25) is 0 Å². The minimum absolute atomic E-state index is 0.711. The van der Waals surface area contributed by atoms with Crippen molar-refractivity contribution in [2.45, 2.75) is 25.4 Å². The second-order valence-corrected chi connectivity index (χ2v) is 4.11. The predicted molar refractivity (Wildman–Crippen MR) is 61.7 cm³/mol. The van der Waals surface area contributed by atoms with Crippen molar-refractivity contribution in [3.63, 3.8) is 0 Å². The molecule has 2 N–H and O–H groups in total. The zero-order valence-electron chi connectivity index (χ0n) is 8.98. The van der Waals surface area contributed by atoms with Crippen LogP contribution in [0, 0.1) is 0 Å². The first-order valence-electron chi connectivity index (χ1n) is 5.60. The van der Waals surface area contributed by atoms with Gasteiger partial charge in [-0.2, -0.15) is 0 Å². The molecule has 1 aliphatic carbocycles. The number of H-pyrrole nitrogens is 1. The molecular formula is C12H14N4. The lowest BCUT2D eigenvalue weighted by atomic mass is 10.3. The van der Waals surface area contributed by atoms with Crippen molar-refractivity contribution in [1.82, 2.24) is 20.3 Å². The molecule has 0 spiro atoms. The summed E-state index contributed by atoms with van der Waals surface area (Å²) in [4.78, 5) is 11.9. The fourth-order valence-corrected chi connectivity index (χ4v) is 1.63. The van der Waals surface area contributed by atoms with Gasteiger partial charge in [0.15, 0.2) is 0 Å². The topological polar surface area (TPSA) is 53.6 Å². The van der Waals surface area contributed by atoms with E-state index in [9.17, 15) is 0 Å². The third kappa shape index (κ3) is 2.12. The van der Waals surface area contributed by atoms with E-state index in [-0.39, 0.29) is 0 Å². The van der Waals surface area contributed by atoms with E-state index in [1.165, 1.54) is 12.8 Å². The lowest BCUT2D eigenvalue weighted by Gasteiger charge is -1.98. The van der Waals surface area contributed by atoms with Crippen LogP contribution >= 0.6 is 0 Å². The van der Waals surface area contributed by atoms with Crippen LogP contribution < -0.4 is 5.32 Å². The highest BCUT2D eigenvalue weighted by molar-refractivity contribution is 5.52. The number of hydrogen-bond donors (Lipinski definition) is 2. The van der Waals surface area contributed by atoms with Crippen molar-refractivity contribution in [1.29, 1.82) is 0 Å². The zero-order valence-corrected chi connectivity index (χ0v) is 8.98. The number of aromatic amines is 1. The third-order valence-electron chi connectivity index (χ3n) is 2.70. The molecule has 4 nitrogen and oxygen atoms in total. The van der Waals surface area contributed by atoms with Crippen molar-refractivity contribution >= 4 is 0 Å². The zero-order chi connectivity index (χ0) is 10.8. The Kier molecular flexibility index (Phi) is 2.42. The molecule has 2 heterocycles. The summed E-state index contributed by atoms with van der Waals surface area (Å²) in [6.45, 7) is 0.817. The van der Waals surface area contributed by atoms with Gasteiger partial charge in [0, 0.05) is 12.2 Å². The Morgan fingerprint density at radius 1 is 1.31 bits per heavy atom. The largest absolute Gasteiger partial charge is 0.340 e. The van der Waals surface area contributed by atoms with Gasteiger partial charge in [0.25, 0.3) is 0 Å². The van der Waals surface area contributed by atoms with Gasteiger partial charge < -0.3 is 10.3 Å². The van der Waals surface area contributed by atoms with E-state index in [1.54, 1.807) is 6.20 Å². The van der Waals surface area contributed by atoms with Gasteiger partial charge >= 0.3 is 0 Å². The van der Waals surface area contributed by atoms with Crippen molar-refractivity contribution in [2.24, 2.45) is 0 Å². The van der Waals surface area contributed by atoms with Gasteiger partial charge in [0.1, 0.15) is 5.82 Å². The molecule has 4 heteroatoms. The van der Waals surface area contributed by atoms with Crippen LogP contribution in [0.1, 0.15) is 18.7 Å². The van der Waals surface area contributed by atoms with Crippen LogP contribution in [-0.2, 0) is 6.54 Å². The minimum atomic E-state index is 0.711. The molecule has 16 heavy (non-hydrogen) atoms. The Morgan fingerprint density at radius 3 is 3.00 bits per heavy atom. The molecule has 0 radical (unpaired) electrons. The second kappa shape index (κ2) is 4.06. The lowest BCUT2D eigenvalue weighted by molar-refractivity contribution is 0.664. The van der Waals surface area contributed by atoms with Crippen LogP contribution in [0.15, 0.2) is 30.6 Å². The van der Waals surface area contributed by atoms with E-state index in [4.69, 9.17) is 0 Å². The molecule has 82 valence electrons. The Morgan fingerprint density at radius 2 is 2.25 bits per heavy atom. The van der Waals surface area contributed by atoms with E-state index >= 15 is 0 Å². The molecule has 3 rings (SSSR count). The molecule has 0 saturated heterocycles. The third-order valence-corrected chi connectivity index (χ3v) is 2.70. The molecular weight excluding hydrogens is 200 g/mol. The monoisotopic (exact) mass is 214 g/mol. The number of pyridine rings is 1. The predicted octanol–water partition coefficient (Wildman–Crippen LogP) is 1.72. The van der Waals surface area contributed by atoms with E-state index in [1.807, 2.05) is 24.4 Å². The molecule has 0 atom stereocenters. The van der Waals surface area contributed by atoms with Crippen LogP contribution in [0.3, 0.4) is 0 Å². The van der Waals surface area contributed by atoms with Crippen LogP contribution in [0.25, 0.3) is 11.4 Å². The summed E-state index contributed by atoms with van der Waals surface area (Å²) in [5.74, 6) is 0.979. The number of aromatic nitrogens is 3. The number of imidazole rings is 1. The second-order valence-electron chi connectivity index (χ2n) is 4.11. The molecule has 0 amide bonds. The van der Waals surface area contributed by atoms with E-state index in [0.717, 1.165) is 23.8 Å². The Hall–Kier alpha value is -1.68. The summed E-state index contributed by atoms with van der Waals surface area (Å²) >= 11 is 0. The quantitative estimate of drug-likeness (QED) is 0.814. The molecule has 1 aliphatic rings. The molecule has 2 aromatic heterocycles. The fourth-order valence-electron chi connectivity index (χ4n) is 1.63. The number of nitrogens with zero attached hydrogens (tertiary/aromatic N) is 2. The van der Waals surface area contributed by atoms with Crippen molar-refractivity contribution in [2.75, 3.05) is 0 Å². The maximum atomic E-state index is 4.33. The van der Waals surface area contributed by atoms with Gasteiger partial charge in [-0.25, -0.2) is 4.98 Å². The van der Waals surface area contributed by atoms with Gasteiger partial charge in [-0.3, -0.25) is 4.98 Å². The summed E-state index contributed by atoms with van der Waals surface area (Å²) < 4.78 is 0. The Balaban J connectivity index is 1.71. The van der Waals surface area contributed by atoms with Crippen molar-refractivity contribution in [3.05, 3.63) is 36.4 Å². The Labute approximate surface area is 94.1 Å². The molecule has 0 aromatic carbocycles. The molecule has 1 saturated carbocycles. The van der Waals surface area contributed by atoms with Crippen molar-refractivity contribution < 1.29 is 0 Å². The summed E-state index contributed by atoms with van der Waals surface area (Å²) in [5.41, 5.74) is 1.92. The van der Waals surface area contributed by atoms with Crippen LogP contribution in [0.5, 0.6) is 0 Å². The van der Waals surface area contributed by atoms with Crippen LogP contribution in [-0.4, -0.2) is 21.0 Å². The maximum absolute atomic E-state index is 4.33. The number of hydrogen-bond acceptors (Lipinski definition) is 3. The summed E-state index contributed by atoms with van der Waals surface area (Å²) in [6.07, 6.45) is 6.23. The molecule has 0 unspecified atom stereocenters. The summed E-state index contributed by atoms with van der Waals surface area (Å²) in [6, 6.07) is 6.58. The summed E-state index contributed by atoms with van der Waals surface area (Å²) in [7, 11) is 0. The minimum Gasteiger partial charge on any atom is -0.340 e. The molecule has 0 bridgehead atoms. The van der Waals surface area contributed by atoms with E-state index in [2.05, 4.69) is 20.3 Å². The highest BCUT2D eigenvalue weighted by atomic mass is 15.0. The van der Waals surface area contributed by atoms with E-state index < -0.39 is 0 Å². The first-order valence-corrected chi connectivity index (χ1v) is 5.60. The SMILES string of the molecule is c1ccc(-c2cnc(CNC3CC3)[nH]2)nc1. The van der Waals surface area contributed by atoms with Gasteiger partial charge in [-0.15, -0.1) is 0 Å². The highest BCUT2D eigenvalue weighted by Crippen LogP contribution is 2.19. The number of nitrogens with one attached hydrogen (secondary N) is 2. The van der Waals surface area contributed by atoms with Gasteiger partial charge in [-0.05, 0) is 25.0 Å². The van der Waals surface area contributed by atoms with Crippen LogP contribution in [0.4, 0.5) is 0 Å². The Bertz CT molecular complexity index is 459. The maximum Gasteiger partial charge on any atom is 0.120 e. The van der Waals surface area contributed by atoms with Gasteiger partial charge in [0.05, 0.1) is 24.1 Å². The first kappa shape index (κ1) is 9.54. The lowest BCUT2D eigenvalue weighted by Crippen LogP contribution is -2.16. The fraction of sp³-hybridized carbons (Fsp3) is 0.333. The standard InChI is InChI=1S/C12H14N4/c1-2-6-13-10(3-1)11-7-15-12(16-11)8-14-9-4-5-9/h1-3,6-7,9,14H,4-5,8H2,(H,15,16). The molecule has 2 aromatic rings.